The van der Waals surface area contributed by atoms with Crippen LogP contribution in [-0.2, 0) is 4.79 Å². The maximum absolute atomic E-state index is 13.6. The number of anilines is 1. The van der Waals surface area contributed by atoms with Crippen LogP contribution < -0.4 is 4.90 Å². The van der Waals surface area contributed by atoms with Gasteiger partial charge in [-0.25, -0.2) is 4.39 Å². The van der Waals surface area contributed by atoms with Gasteiger partial charge in [0.25, 0.3) is 23.4 Å². The van der Waals surface area contributed by atoms with E-state index in [0.717, 1.165) is 22.6 Å². The third kappa shape index (κ3) is 3.08. The third-order valence-corrected chi connectivity index (χ3v) is 5.95. The summed E-state index contributed by atoms with van der Waals surface area (Å²) in [5.41, 5.74) is 1.60. The monoisotopic (exact) mass is 445 g/mol. The fourth-order valence-corrected chi connectivity index (χ4v) is 4.40. The Morgan fingerprint density at radius 2 is 1.55 bits per heavy atom. The summed E-state index contributed by atoms with van der Waals surface area (Å²) in [7, 11) is 0. The summed E-state index contributed by atoms with van der Waals surface area (Å²) >= 11 is 0. The first-order chi connectivity index (χ1) is 15.8. The third-order valence-electron chi connectivity index (χ3n) is 5.95. The van der Waals surface area contributed by atoms with Crippen molar-refractivity contribution in [2.24, 2.45) is 0 Å². The van der Waals surface area contributed by atoms with Crippen LogP contribution in [0.4, 0.5) is 15.8 Å². The number of nitro groups is 1. The Morgan fingerprint density at radius 3 is 2.21 bits per heavy atom. The second-order valence-corrected chi connectivity index (χ2v) is 7.96. The molecule has 2 heterocycles. The average Bonchev–Trinajstić information content (AvgIpc) is 3.03. The second-order valence-electron chi connectivity index (χ2n) is 7.96. The maximum Gasteiger partial charge on any atom is 0.270 e. The van der Waals surface area contributed by atoms with Gasteiger partial charge in [0, 0.05) is 17.8 Å². The number of fused-ring (bicyclic) bond motifs is 1. The van der Waals surface area contributed by atoms with Crippen molar-refractivity contribution in [1.29, 1.82) is 0 Å². The van der Waals surface area contributed by atoms with E-state index in [9.17, 15) is 28.9 Å². The molecule has 164 valence electrons. The Balaban J connectivity index is 1.58. The molecular formula is C24H16FN3O5. The summed E-state index contributed by atoms with van der Waals surface area (Å²) < 4.78 is 13.6. The van der Waals surface area contributed by atoms with Gasteiger partial charge < -0.3 is 4.90 Å². The van der Waals surface area contributed by atoms with Crippen LogP contribution in [0.25, 0.3) is 0 Å². The molecule has 3 amide bonds. The van der Waals surface area contributed by atoms with Gasteiger partial charge in [-0.3, -0.25) is 29.4 Å². The van der Waals surface area contributed by atoms with Crippen LogP contribution in [0.1, 0.15) is 37.9 Å². The Morgan fingerprint density at radius 1 is 0.848 bits per heavy atom. The van der Waals surface area contributed by atoms with E-state index in [1.54, 1.807) is 18.2 Å². The highest BCUT2D eigenvalue weighted by atomic mass is 19.1. The summed E-state index contributed by atoms with van der Waals surface area (Å²) in [4.78, 5) is 52.4. The van der Waals surface area contributed by atoms with Crippen molar-refractivity contribution in [2.45, 2.75) is 19.0 Å². The van der Waals surface area contributed by atoms with Crippen LogP contribution in [0, 0.1) is 22.9 Å². The van der Waals surface area contributed by atoms with E-state index in [0.29, 0.717) is 11.3 Å². The van der Waals surface area contributed by atoms with E-state index < -0.39 is 40.5 Å². The number of aryl methyl sites for hydroxylation is 1. The maximum atomic E-state index is 13.6. The van der Waals surface area contributed by atoms with Gasteiger partial charge >= 0.3 is 0 Å². The van der Waals surface area contributed by atoms with E-state index in [1.165, 1.54) is 35.2 Å². The van der Waals surface area contributed by atoms with E-state index >= 15 is 0 Å². The molecule has 9 heteroatoms. The number of rotatable bonds is 4. The zero-order valence-corrected chi connectivity index (χ0v) is 17.3. The molecule has 3 aromatic rings. The number of nitrogens with zero attached hydrogens (tertiary/aromatic N) is 3. The number of carbonyl (C=O) groups excluding carboxylic acids is 3. The van der Waals surface area contributed by atoms with E-state index in [2.05, 4.69) is 0 Å². The normalized spacial score (nSPS) is 19.5. The lowest BCUT2D eigenvalue weighted by Crippen LogP contribution is -2.67. The number of halogens is 1. The standard InChI is InChI=1S/C24H16FN3O5/c1-13-3-2-4-16(11-13)26-20(14-5-7-15(25)8-6-14)21(24(26)31)27-22(29)18-10-9-17(28(32)33)12-19(18)23(27)30/h2-12,20-21H,1H3/t20-,21+/m0/s1. The lowest BCUT2D eigenvalue weighted by Gasteiger charge is -2.49. The first kappa shape index (κ1) is 20.5. The summed E-state index contributed by atoms with van der Waals surface area (Å²) in [6.07, 6.45) is 0. The topological polar surface area (TPSA) is 101 Å². The van der Waals surface area contributed by atoms with Crippen molar-refractivity contribution in [2.75, 3.05) is 4.90 Å². The molecule has 0 N–H and O–H groups in total. The molecule has 0 radical (unpaired) electrons. The highest BCUT2D eigenvalue weighted by Gasteiger charge is 2.57. The molecule has 0 aliphatic carbocycles. The summed E-state index contributed by atoms with van der Waals surface area (Å²) in [5.74, 6) is -2.40. The molecule has 0 spiro atoms. The van der Waals surface area contributed by atoms with Crippen molar-refractivity contribution in [1.82, 2.24) is 4.90 Å². The Bertz CT molecular complexity index is 1350. The van der Waals surface area contributed by atoms with Crippen LogP contribution in [-0.4, -0.2) is 33.6 Å². The largest absolute Gasteiger partial charge is 0.300 e. The molecule has 2 aliphatic rings. The molecule has 5 rings (SSSR count). The quantitative estimate of drug-likeness (QED) is 0.263. The lowest BCUT2D eigenvalue weighted by atomic mass is 9.86. The van der Waals surface area contributed by atoms with Crippen LogP contribution in [0.3, 0.4) is 0 Å². The second kappa shape index (κ2) is 7.33. The summed E-state index contributed by atoms with van der Waals surface area (Å²) in [6.45, 7) is 1.87. The molecule has 0 saturated carbocycles. The number of benzene rings is 3. The predicted octanol–water partition coefficient (Wildman–Crippen LogP) is 3.80. The van der Waals surface area contributed by atoms with Crippen LogP contribution in [0.2, 0.25) is 0 Å². The van der Waals surface area contributed by atoms with Crippen molar-refractivity contribution in [3.8, 4) is 0 Å². The minimum absolute atomic E-state index is 0.00487. The number of non-ortho nitro benzene ring substituents is 1. The van der Waals surface area contributed by atoms with Gasteiger partial charge in [-0.2, -0.15) is 0 Å². The highest BCUT2D eigenvalue weighted by molar-refractivity contribution is 6.25. The SMILES string of the molecule is Cc1cccc(N2C(=O)[C@H](N3C(=O)c4ccc([N+](=O)[O-])cc4C3=O)[C@@H]2c2ccc(F)cc2)c1. The van der Waals surface area contributed by atoms with Gasteiger partial charge in [-0.15, -0.1) is 0 Å². The molecule has 1 fully saturated rings. The Kier molecular flexibility index (Phi) is 4.56. The van der Waals surface area contributed by atoms with Gasteiger partial charge in [0.05, 0.1) is 22.1 Å². The fourth-order valence-electron chi connectivity index (χ4n) is 4.40. The van der Waals surface area contributed by atoms with Gasteiger partial charge in [-0.1, -0.05) is 24.3 Å². The van der Waals surface area contributed by atoms with Crippen molar-refractivity contribution < 1.29 is 23.7 Å². The Labute approximate surface area is 187 Å². The fraction of sp³-hybridized carbons (Fsp3) is 0.125. The number of hydrogen-bond donors (Lipinski definition) is 0. The molecule has 0 unspecified atom stereocenters. The minimum Gasteiger partial charge on any atom is -0.300 e. The highest BCUT2D eigenvalue weighted by Crippen LogP contribution is 2.44. The molecule has 8 nitrogen and oxygen atoms in total. The van der Waals surface area contributed by atoms with Crippen LogP contribution in [0.15, 0.2) is 66.7 Å². The van der Waals surface area contributed by atoms with Crippen molar-refractivity contribution in [3.05, 3.63) is 105 Å². The molecule has 3 aromatic carbocycles. The molecular weight excluding hydrogens is 429 g/mol. The minimum atomic E-state index is -1.16. The molecule has 33 heavy (non-hydrogen) atoms. The van der Waals surface area contributed by atoms with Gasteiger partial charge in [0.2, 0.25) is 0 Å². The summed E-state index contributed by atoms with van der Waals surface area (Å²) in [6, 6.07) is 14.2. The van der Waals surface area contributed by atoms with Crippen LogP contribution >= 0.6 is 0 Å². The predicted molar refractivity (Wildman–Crippen MR) is 115 cm³/mol. The number of β-lactam (4-membered cyclic amide) rings is 1. The zero-order chi connectivity index (χ0) is 23.4. The molecule has 0 bridgehead atoms. The number of hydrogen-bond acceptors (Lipinski definition) is 5. The number of amides is 3. The molecule has 2 atom stereocenters. The van der Waals surface area contributed by atoms with Crippen LogP contribution in [0.5, 0.6) is 0 Å². The average molecular weight is 445 g/mol. The van der Waals surface area contributed by atoms with Crippen molar-refractivity contribution in [3.63, 3.8) is 0 Å². The molecule has 2 aliphatic heterocycles. The number of imide groups is 1. The van der Waals surface area contributed by atoms with Gasteiger partial charge in [0.15, 0.2) is 0 Å². The van der Waals surface area contributed by atoms with E-state index in [4.69, 9.17) is 0 Å². The first-order valence-corrected chi connectivity index (χ1v) is 10.1. The number of nitro benzene ring substituents is 1. The van der Waals surface area contributed by atoms with Crippen molar-refractivity contribution >= 4 is 29.1 Å². The smallest absolute Gasteiger partial charge is 0.270 e. The molecule has 0 aromatic heterocycles. The van der Waals surface area contributed by atoms with Gasteiger partial charge in [-0.05, 0) is 48.4 Å². The first-order valence-electron chi connectivity index (χ1n) is 10.1. The zero-order valence-electron chi connectivity index (χ0n) is 17.3. The van der Waals surface area contributed by atoms with Gasteiger partial charge in [0.1, 0.15) is 11.9 Å². The number of carbonyl (C=O) groups is 3. The van der Waals surface area contributed by atoms with E-state index in [1.807, 2.05) is 13.0 Å². The summed E-state index contributed by atoms with van der Waals surface area (Å²) in [5, 5.41) is 11.1. The Hall–Kier alpha value is -4.40. The lowest BCUT2D eigenvalue weighted by molar-refractivity contribution is -0.384. The molecule has 1 saturated heterocycles. The van der Waals surface area contributed by atoms with E-state index in [-0.39, 0.29) is 16.8 Å².